The van der Waals surface area contributed by atoms with Crippen LogP contribution in [0.2, 0.25) is 0 Å². The van der Waals surface area contributed by atoms with Crippen LogP contribution in [0, 0.1) is 12.8 Å². The van der Waals surface area contributed by atoms with E-state index in [1.807, 2.05) is 18.5 Å². The third kappa shape index (κ3) is 5.33. The number of hydrogen-bond acceptors (Lipinski definition) is 8. The van der Waals surface area contributed by atoms with Gasteiger partial charge in [0.15, 0.2) is 17.2 Å². The Hall–Kier alpha value is -3.99. The molecule has 0 radical (unpaired) electrons. The third-order valence-corrected chi connectivity index (χ3v) is 6.61. The lowest BCUT2D eigenvalue weighted by Gasteiger charge is -2.21. The van der Waals surface area contributed by atoms with Gasteiger partial charge in [0.25, 0.3) is 0 Å². The highest BCUT2D eigenvalue weighted by atomic mass is 16.5. The van der Waals surface area contributed by atoms with Gasteiger partial charge < -0.3 is 24.7 Å². The lowest BCUT2D eigenvalue weighted by Crippen LogP contribution is -2.21. The number of nitrogens with one attached hydrogen (secondary N) is 2. The number of carbonyl (C=O) groups excluding carboxylic acids is 1. The molecule has 0 aliphatic carbocycles. The second-order valence-electron chi connectivity index (χ2n) is 10.8. The number of fused-ring (bicyclic) bond motifs is 1. The van der Waals surface area contributed by atoms with E-state index in [1.54, 1.807) is 24.5 Å². The highest BCUT2D eigenvalue weighted by Crippen LogP contribution is 2.33. The molecule has 4 aromatic heterocycles. The summed E-state index contributed by atoms with van der Waals surface area (Å²) in [7, 11) is 1.94. The average molecular weight is 519 g/mol. The first-order valence-corrected chi connectivity index (χ1v) is 12.7. The minimum Gasteiger partial charge on any atom is -0.455 e. The summed E-state index contributed by atoms with van der Waals surface area (Å²) in [6, 6.07) is 5.49. The van der Waals surface area contributed by atoms with E-state index in [0.717, 1.165) is 48.8 Å². The maximum Gasteiger partial charge on any atom is 0.222 e. The fraction of sp³-hybridized carbons (Fsp3) is 0.444. The molecule has 1 atom stereocenters. The van der Waals surface area contributed by atoms with E-state index in [1.165, 1.54) is 6.92 Å². The standard InChI is InChI=1S/C27H34N8O3/c1-16-20(38-19-7-9-28-22(11-19)30-17(2)36)13-29-25-24(16)34(6)26(32-25)31-23-12-21(27(3,4)5)35(33-23)14-18-8-10-37-15-18/h7,9,11-13,18H,8,10,14-15H2,1-6H3,(H,28,30,36)(H,29,31,32,33)/t18-/m1/s1. The lowest BCUT2D eigenvalue weighted by molar-refractivity contribution is -0.114. The molecule has 0 unspecified atom stereocenters. The van der Waals surface area contributed by atoms with Crippen molar-refractivity contribution < 1.29 is 14.3 Å². The third-order valence-electron chi connectivity index (χ3n) is 6.61. The van der Waals surface area contributed by atoms with Crippen molar-refractivity contribution in [1.82, 2.24) is 29.3 Å². The molecule has 0 bridgehead atoms. The van der Waals surface area contributed by atoms with Gasteiger partial charge in [-0.15, -0.1) is 0 Å². The van der Waals surface area contributed by atoms with Crippen molar-refractivity contribution in [3.05, 3.63) is 41.9 Å². The van der Waals surface area contributed by atoms with Gasteiger partial charge in [-0.2, -0.15) is 10.1 Å². The minimum atomic E-state index is -0.198. The van der Waals surface area contributed by atoms with E-state index >= 15 is 0 Å². The minimum absolute atomic E-state index is 0.0596. The number of aromatic nitrogens is 6. The number of anilines is 3. The van der Waals surface area contributed by atoms with Crippen molar-refractivity contribution in [2.75, 3.05) is 23.8 Å². The molecule has 0 saturated carbocycles. The van der Waals surface area contributed by atoms with Gasteiger partial charge in [-0.05, 0) is 19.4 Å². The molecule has 38 heavy (non-hydrogen) atoms. The van der Waals surface area contributed by atoms with E-state index in [-0.39, 0.29) is 11.3 Å². The second kappa shape index (κ2) is 10.1. The number of imidazole rings is 1. The first kappa shape index (κ1) is 25.7. The molecule has 1 aliphatic rings. The van der Waals surface area contributed by atoms with Crippen LogP contribution in [0.3, 0.4) is 0 Å². The first-order valence-electron chi connectivity index (χ1n) is 12.7. The van der Waals surface area contributed by atoms with E-state index < -0.39 is 0 Å². The highest BCUT2D eigenvalue weighted by molar-refractivity contribution is 5.87. The monoisotopic (exact) mass is 518 g/mol. The molecule has 2 N–H and O–H groups in total. The largest absolute Gasteiger partial charge is 0.455 e. The molecular formula is C27H34N8O3. The quantitative estimate of drug-likeness (QED) is 0.361. The Kier molecular flexibility index (Phi) is 6.78. The van der Waals surface area contributed by atoms with Crippen LogP contribution in [0.4, 0.5) is 17.6 Å². The number of pyridine rings is 2. The Bertz CT molecular complexity index is 1480. The molecule has 4 aromatic rings. The predicted octanol–water partition coefficient (Wildman–Crippen LogP) is 4.70. The predicted molar refractivity (Wildman–Crippen MR) is 145 cm³/mol. The van der Waals surface area contributed by atoms with E-state index in [0.29, 0.717) is 34.8 Å². The molecule has 0 spiro atoms. The second-order valence-corrected chi connectivity index (χ2v) is 10.8. The first-order chi connectivity index (χ1) is 18.1. The Morgan fingerprint density at radius 1 is 1.24 bits per heavy atom. The maximum absolute atomic E-state index is 11.4. The summed E-state index contributed by atoms with van der Waals surface area (Å²) in [5, 5.41) is 11.0. The molecule has 1 aliphatic heterocycles. The summed E-state index contributed by atoms with van der Waals surface area (Å²) in [5.74, 6) is 3.20. The number of nitrogens with zero attached hydrogens (tertiary/aromatic N) is 6. The van der Waals surface area contributed by atoms with Crippen LogP contribution in [-0.4, -0.2) is 48.4 Å². The van der Waals surface area contributed by atoms with Crippen molar-refractivity contribution >= 4 is 34.7 Å². The molecular weight excluding hydrogens is 484 g/mol. The van der Waals surface area contributed by atoms with Gasteiger partial charge in [-0.1, -0.05) is 20.8 Å². The summed E-state index contributed by atoms with van der Waals surface area (Å²) < 4.78 is 15.7. The lowest BCUT2D eigenvalue weighted by atomic mass is 9.92. The fourth-order valence-electron chi connectivity index (χ4n) is 4.70. The maximum atomic E-state index is 11.4. The van der Waals surface area contributed by atoms with Crippen LogP contribution in [-0.2, 0) is 28.5 Å². The van der Waals surface area contributed by atoms with E-state index in [2.05, 4.69) is 52.1 Å². The number of amides is 1. The van der Waals surface area contributed by atoms with Gasteiger partial charge in [-0.3, -0.25) is 9.48 Å². The molecule has 1 saturated heterocycles. The smallest absolute Gasteiger partial charge is 0.222 e. The zero-order valence-corrected chi connectivity index (χ0v) is 22.7. The Labute approximate surface area is 221 Å². The van der Waals surface area contributed by atoms with Crippen LogP contribution < -0.4 is 15.4 Å². The number of hydrogen-bond donors (Lipinski definition) is 2. The number of aryl methyl sites for hydroxylation is 2. The van der Waals surface area contributed by atoms with Crippen molar-refractivity contribution in [2.45, 2.75) is 53.0 Å². The molecule has 200 valence electrons. The fourth-order valence-corrected chi connectivity index (χ4v) is 4.70. The Morgan fingerprint density at radius 2 is 2.05 bits per heavy atom. The Morgan fingerprint density at radius 3 is 2.76 bits per heavy atom. The number of ether oxygens (including phenoxy) is 2. The SMILES string of the molecule is CC(=O)Nc1cc(Oc2cnc3nc(Nc4cc(C(C)(C)C)n(C[C@H]5CCOC5)n4)n(C)c3c2C)ccn1. The van der Waals surface area contributed by atoms with Gasteiger partial charge in [0, 0.05) is 68.0 Å². The van der Waals surface area contributed by atoms with Gasteiger partial charge >= 0.3 is 0 Å². The van der Waals surface area contributed by atoms with Crippen LogP contribution in [0.15, 0.2) is 30.6 Å². The van der Waals surface area contributed by atoms with Crippen LogP contribution in [0.5, 0.6) is 11.5 Å². The van der Waals surface area contributed by atoms with E-state index in [9.17, 15) is 4.79 Å². The van der Waals surface area contributed by atoms with Crippen molar-refractivity contribution in [2.24, 2.45) is 13.0 Å². The number of rotatable bonds is 7. The molecule has 1 fully saturated rings. The number of carbonyl (C=O) groups is 1. The van der Waals surface area contributed by atoms with Crippen LogP contribution >= 0.6 is 0 Å². The van der Waals surface area contributed by atoms with Crippen molar-refractivity contribution in [3.63, 3.8) is 0 Å². The summed E-state index contributed by atoms with van der Waals surface area (Å²) in [5.41, 5.74) is 3.44. The average Bonchev–Trinajstić information content (AvgIpc) is 3.56. The van der Waals surface area contributed by atoms with E-state index in [4.69, 9.17) is 19.6 Å². The molecule has 11 heteroatoms. The Balaban J connectivity index is 1.42. The van der Waals surface area contributed by atoms with Gasteiger partial charge in [-0.25, -0.2) is 9.97 Å². The highest BCUT2D eigenvalue weighted by Gasteiger charge is 2.25. The molecule has 1 amide bonds. The summed E-state index contributed by atoms with van der Waals surface area (Å²) >= 11 is 0. The normalized spacial score (nSPS) is 15.7. The van der Waals surface area contributed by atoms with Crippen molar-refractivity contribution in [3.8, 4) is 11.5 Å². The van der Waals surface area contributed by atoms with Gasteiger partial charge in [0.05, 0.1) is 18.3 Å². The zero-order chi connectivity index (χ0) is 27.0. The molecule has 0 aromatic carbocycles. The van der Waals surface area contributed by atoms with Gasteiger partial charge in [0.1, 0.15) is 11.6 Å². The summed E-state index contributed by atoms with van der Waals surface area (Å²) in [6.45, 7) is 12.4. The molecule has 11 nitrogen and oxygen atoms in total. The summed E-state index contributed by atoms with van der Waals surface area (Å²) in [4.78, 5) is 24.8. The molecule has 5 heterocycles. The van der Waals surface area contributed by atoms with Crippen LogP contribution in [0.1, 0.15) is 45.4 Å². The van der Waals surface area contributed by atoms with Crippen molar-refractivity contribution in [1.29, 1.82) is 0 Å². The topological polar surface area (TPSA) is 121 Å². The summed E-state index contributed by atoms with van der Waals surface area (Å²) in [6.07, 6.45) is 4.29. The van der Waals surface area contributed by atoms with Crippen LogP contribution in [0.25, 0.3) is 11.2 Å². The van der Waals surface area contributed by atoms with Gasteiger partial charge in [0.2, 0.25) is 11.9 Å². The molecule has 5 rings (SSSR count). The zero-order valence-electron chi connectivity index (χ0n) is 22.7.